The summed E-state index contributed by atoms with van der Waals surface area (Å²) in [7, 11) is 0. The van der Waals surface area contributed by atoms with Gasteiger partial charge in [-0.3, -0.25) is 0 Å². The van der Waals surface area contributed by atoms with E-state index >= 15 is 0 Å². The van der Waals surface area contributed by atoms with Gasteiger partial charge in [-0.05, 0) is 88.3 Å². The second-order valence-electron chi connectivity index (χ2n) is 14.7. The molecule has 286 valence electrons. The number of benzene rings is 10. The van der Waals surface area contributed by atoms with Gasteiger partial charge in [-0.1, -0.05) is 170 Å². The lowest BCUT2D eigenvalue weighted by molar-refractivity contribution is 0.674. The van der Waals surface area contributed by atoms with Gasteiger partial charge in [-0.25, -0.2) is 0 Å². The monoisotopic (exact) mass is 791 g/mol. The molecule has 0 saturated heterocycles. The summed E-state index contributed by atoms with van der Waals surface area (Å²) < 4.78 is 126. The molecule has 0 amide bonds. The van der Waals surface area contributed by atoms with Gasteiger partial charge in [-0.2, -0.15) is 0 Å². The van der Waals surface area contributed by atoms with E-state index in [4.69, 9.17) is 14.0 Å². The Morgan fingerprint density at radius 3 is 1.62 bits per heavy atom. The molecular weight excluding hydrogens is 741 g/mol. The normalized spacial score (nSPS) is 14.6. The average Bonchev–Trinajstić information content (AvgIpc) is 3.99. The number of aromatic nitrogens is 1. The van der Waals surface area contributed by atoms with Gasteiger partial charge in [0.2, 0.25) is 0 Å². The van der Waals surface area contributed by atoms with Crippen LogP contribution in [0.1, 0.15) is 17.8 Å². The van der Waals surface area contributed by atoms with E-state index in [9.17, 15) is 8.22 Å². The summed E-state index contributed by atoms with van der Waals surface area (Å²) in [6, 6.07) is 40.0. The highest BCUT2D eigenvalue weighted by atomic mass is 16.3. The van der Waals surface area contributed by atoms with Gasteiger partial charge in [0.25, 0.3) is 0 Å². The first-order valence-corrected chi connectivity index (χ1v) is 19.8. The molecule has 2 aromatic heterocycles. The van der Waals surface area contributed by atoms with Gasteiger partial charge in [0.15, 0.2) is 0 Å². The minimum absolute atomic E-state index is 0.172. The molecule has 0 radical (unpaired) electrons. The Morgan fingerprint density at radius 1 is 0.377 bits per heavy atom. The van der Waals surface area contributed by atoms with Gasteiger partial charge >= 0.3 is 0 Å². The lowest BCUT2D eigenvalue weighted by Gasteiger charge is -2.28. The van der Waals surface area contributed by atoms with E-state index in [-0.39, 0.29) is 5.69 Å². The fraction of sp³-hybridized carbons (Fsp3) is 0. The van der Waals surface area contributed by atoms with Crippen molar-refractivity contribution in [3.05, 3.63) is 230 Å². The van der Waals surface area contributed by atoms with Crippen molar-refractivity contribution in [3.8, 4) is 39.1 Å². The van der Waals surface area contributed by atoms with Crippen molar-refractivity contribution in [2.75, 3.05) is 4.90 Å². The maximum Gasteiger partial charge on any atom is 0.143 e. The Kier molecular flexibility index (Phi) is 5.64. The number of furan rings is 1. The van der Waals surface area contributed by atoms with Crippen LogP contribution in [0.25, 0.3) is 93.6 Å². The molecule has 0 bridgehead atoms. The van der Waals surface area contributed by atoms with E-state index in [1.54, 1.807) is 4.90 Å². The van der Waals surface area contributed by atoms with Crippen LogP contribution in [0.15, 0.2) is 235 Å². The van der Waals surface area contributed by atoms with Crippen LogP contribution < -0.4 is 4.90 Å². The third kappa shape index (κ3) is 5.82. The average molecular weight is 792 g/mol. The summed E-state index contributed by atoms with van der Waals surface area (Å²) in [6.07, 6.45) is 0. The summed E-state index contributed by atoms with van der Waals surface area (Å²) in [4.78, 5) is 1.66. The van der Waals surface area contributed by atoms with Gasteiger partial charge in [0, 0.05) is 55.1 Å². The predicted molar refractivity (Wildman–Crippen MR) is 257 cm³/mol. The van der Waals surface area contributed by atoms with E-state index in [0.29, 0.717) is 33.7 Å². The quantitative estimate of drug-likeness (QED) is 0.160. The fourth-order valence-electron chi connectivity index (χ4n) is 8.45. The van der Waals surface area contributed by atoms with Crippen LogP contribution in [0.4, 0.5) is 17.1 Å². The van der Waals surface area contributed by atoms with Crippen LogP contribution in [-0.2, 0) is 0 Å². The van der Waals surface area contributed by atoms with Gasteiger partial charge in [0.05, 0.1) is 34.5 Å². The molecule has 0 spiro atoms. The van der Waals surface area contributed by atoms with Gasteiger partial charge in [-0.15, -0.1) is 0 Å². The molecule has 0 saturated carbocycles. The van der Waals surface area contributed by atoms with E-state index < -0.39 is 101 Å². The first-order valence-electron chi connectivity index (χ1n) is 26.3. The Bertz CT molecular complexity index is 4230. The topological polar surface area (TPSA) is 21.3 Å². The molecule has 10 aromatic carbocycles. The minimum Gasteiger partial charge on any atom is -0.455 e. The van der Waals surface area contributed by atoms with Crippen LogP contribution in [0.2, 0.25) is 0 Å². The van der Waals surface area contributed by atoms with E-state index in [2.05, 4.69) is 34.9 Å². The predicted octanol–water partition coefficient (Wildman–Crippen LogP) is 16.3. The highest BCUT2D eigenvalue weighted by Gasteiger charge is 2.21. The molecule has 0 aliphatic rings. The molecule has 12 aromatic rings. The van der Waals surface area contributed by atoms with E-state index in [1.165, 1.54) is 0 Å². The number of para-hydroxylation sites is 4. The van der Waals surface area contributed by atoms with Crippen molar-refractivity contribution in [2.24, 2.45) is 0 Å². The highest BCUT2D eigenvalue weighted by molar-refractivity contribution is 6.17. The Morgan fingerprint density at radius 2 is 0.918 bits per heavy atom. The third-order valence-electron chi connectivity index (χ3n) is 11.2. The largest absolute Gasteiger partial charge is 0.455 e. The molecule has 0 N–H and O–H groups in total. The van der Waals surface area contributed by atoms with Crippen molar-refractivity contribution in [2.45, 2.75) is 0 Å². The molecule has 3 nitrogen and oxygen atoms in total. The maximum atomic E-state index is 9.81. The second kappa shape index (κ2) is 14.3. The first kappa shape index (κ1) is 24.1. The molecule has 0 atom stereocenters. The number of rotatable bonds is 7. The fourth-order valence-corrected chi connectivity index (χ4v) is 8.45. The summed E-state index contributed by atoms with van der Waals surface area (Å²) in [5.74, 6) is 0. The Hall–Kier alpha value is -8.14. The van der Waals surface area contributed by atoms with Crippen molar-refractivity contribution >= 4 is 71.6 Å². The van der Waals surface area contributed by atoms with E-state index in [1.807, 2.05) is 121 Å². The third-order valence-corrected chi connectivity index (χ3v) is 11.2. The summed E-state index contributed by atoms with van der Waals surface area (Å²) >= 11 is 0. The number of anilines is 3. The maximum absolute atomic E-state index is 9.81. The standard InChI is InChI=1S/C58H38N2O/c1-2-13-39(14-3-1)40-25-27-41(28-26-40)42-29-32-44(33-30-42)59(45-34-36-46(37-35-45)60-55-23-10-6-17-48(55)49-18-7-11-24-56(49)60)54-22-9-8-19-50(54)51-20-12-21-52-53-38-31-43-15-4-5-16-47(43)57(53)61-58(51)52/h1-38H/i1D,2D,3D,13D,14D,25D,26D,27D,28D,29D,30D,32D,33D. The molecule has 12 rings (SSSR count). The Labute approximate surface area is 371 Å². The zero-order valence-corrected chi connectivity index (χ0v) is 32.2. The summed E-state index contributed by atoms with van der Waals surface area (Å²) in [5.41, 5.74) is 4.03. The molecular formula is C58H38N2O. The number of hydrogen-bond acceptors (Lipinski definition) is 2. The molecule has 0 aliphatic heterocycles. The molecule has 0 aliphatic carbocycles. The van der Waals surface area contributed by atoms with E-state index in [0.717, 1.165) is 49.0 Å². The lowest BCUT2D eigenvalue weighted by Crippen LogP contribution is -2.11. The zero-order chi connectivity index (χ0) is 51.6. The van der Waals surface area contributed by atoms with Crippen molar-refractivity contribution in [3.63, 3.8) is 0 Å². The zero-order valence-electron chi connectivity index (χ0n) is 45.2. The van der Waals surface area contributed by atoms with Crippen LogP contribution in [-0.4, -0.2) is 4.57 Å². The molecule has 0 unspecified atom stereocenters. The SMILES string of the molecule is [2H]c1c([2H])c([2H])c(-c2c([2H])c([2H])c(-c3c([2H])c([2H])c(N(c4ccc(-n5c6ccccc6c6ccccc65)cc4)c4ccccc4-c4cccc5c4oc4c6ccccc6ccc54)c([2H])c3[2H])c([2H])c2[2H])c([2H])c1[2H]. The summed E-state index contributed by atoms with van der Waals surface area (Å²) in [6.45, 7) is 0. The number of fused-ring (bicyclic) bond motifs is 8. The lowest BCUT2D eigenvalue weighted by atomic mass is 9.98. The van der Waals surface area contributed by atoms with Crippen LogP contribution >= 0.6 is 0 Å². The number of hydrogen-bond donors (Lipinski definition) is 0. The molecule has 2 heterocycles. The molecule has 3 heteroatoms. The highest BCUT2D eigenvalue weighted by Crippen LogP contribution is 2.46. The van der Waals surface area contributed by atoms with Crippen molar-refractivity contribution in [1.29, 1.82) is 0 Å². The molecule has 0 fully saturated rings. The van der Waals surface area contributed by atoms with Crippen LogP contribution in [0.3, 0.4) is 0 Å². The van der Waals surface area contributed by atoms with Gasteiger partial charge in [0.1, 0.15) is 11.2 Å². The first-order chi connectivity index (χ1) is 35.7. The van der Waals surface area contributed by atoms with Crippen molar-refractivity contribution in [1.82, 2.24) is 4.57 Å². The molecule has 61 heavy (non-hydrogen) atoms. The summed E-state index contributed by atoms with van der Waals surface area (Å²) in [5, 5.41) is 5.89. The second-order valence-corrected chi connectivity index (χ2v) is 14.7. The van der Waals surface area contributed by atoms with Crippen LogP contribution in [0, 0.1) is 0 Å². The van der Waals surface area contributed by atoms with Gasteiger partial charge < -0.3 is 13.9 Å². The number of nitrogens with zero attached hydrogens (tertiary/aromatic N) is 2. The minimum atomic E-state index is -0.785. The van der Waals surface area contributed by atoms with Crippen LogP contribution in [0.5, 0.6) is 0 Å². The van der Waals surface area contributed by atoms with Crippen molar-refractivity contribution < 1.29 is 22.2 Å². The smallest absolute Gasteiger partial charge is 0.143 e. The Balaban J connectivity index is 1.09.